The van der Waals surface area contributed by atoms with Crippen LogP contribution in [0.5, 0.6) is 0 Å². The van der Waals surface area contributed by atoms with Gasteiger partial charge in [0, 0.05) is 174 Å². The van der Waals surface area contributed by atoms with Gasteiger partial charge in [0.2, 0.25) is 5.78 Å². The average Bonchev–Trinajstić information content (AvgIpc) is 1.56. The third-order valence-electron chi connectivity index (χ3n) is 37.6. The lowest BCUT2D eigenvalue weighted by Crippen LogP contribution is -2.57. The van der Waals surface area contributed by atoms with Crippen molar-refractivity contribution in [1.82, 2.24) is 28.7 Å². The van der Waals surface area contributed by atoms with Gasteiger partial charge in [0.15, 0.2) is 40.5 Å². The minimum Gasteiger partial charge on any atom is -0.396 e. The number of halogens is 2. The summed E-state index contributed by atoms with van der Waals surface area (Å²) in [5.74, 6) is 10.0. The lowest BCUT2D eigenvalue weighted by Gasteiger charge is -2.53. The van der Waals surface area contributed by atoms with E-state index in [1.165, 1.54) is 45.3 Å². The fourth-order valence-corrected chi connectivity index (χ4v) is 30.5. The maximum atomic E-state index is 13.4. The molecule has 11 fully saturated rings. The highest BCUT2D eigenvalue weighted by Gasteiger charge is 2.65. The highest BCUT2D eigenvalue weighted by atomic mass is 79.9. The highest BCUT2D eigenvalue weighted by molar-refractivity contribution is 9.10. The molecule has 3 aromatic heterocycles. The summed E-state index contributed by atoms with van der Waals surface area (Å²) in [4.78, 5) is 53.5. The first kappa shape index (κ1) is 102. The first-order valence-electron chi connectivity index (χ1n) is 53.7. The van der Waals surface area contributed by atoms with Gasteiger partial charge in [-0.25, -0.2) is 15.0 Å². The number of fused-ring (bicyclic) bond motifs is 11. The normalized spacial score (nSPS) is 30.5. The van der Waals surface area contributed by atoms with Crippen molar-refractivity contribution < 1.29 is 72.0 Å². The largest absolute Gasteiger partial charge is 0.396 e. The summed E-state index contributed by atoms with van der Waals surface area (Å²) >= 11 is 7.19. The molecule has 0 radical (unpaired) electrons. The van der Waals surface area contributed by atoms with Crippen molar-refractivity contribution in [1.29, 1.82) is 0 Å². The minimum absolute atomic E-state index is 0.00314. The van der Waals surface area contributed by atoms with Crippen LogP contribution in [0, 0.1) is 81.8 Å². The Kier molecular flexibility index (Phi) is 28.8. The number of ether oxygens (including phenoxy) is 10. The third-order valence-corrected chi connectivity index (χ3v) is 38.6. The zero-order valence-electron chi connectivity index (χ0n) is 85.9. The van der Waals surface area contributed by atoms with Gasteiger partial charge in [0.05, 0.1) is 83.2 Å². The number of hydrogen-bond acceptors (Lipinski definition) is 18. The molecule has 5 aliphatic heterocycles. The summed E-state index contributed by atoms with van der Waals surface area (Å²) in [5.41, 5.74) is 18.0. The summed E-state index contributed by atoms with van der Waals surface area (Å²) in [6, 6.07) is 65.5. The third kappa shape index (κ3) is 18.2. The molecule has 0 amide bonds. The number of aryl methyl sites for hydroxylation is 1. The Bertz CT molecular complexity index is 6510. The zero-order valence-corrected chi connectivity index (χ0v) is 89.1. The Morgan fingerprint density at radius 2 is 0.703 bits per heavy atom. The second-order valence-corrected chi connectivity index (χ2v) is 46.7. The smallest absolute Gasteiger partial charge is 0.204 e. The molecule has 8 heterocycles. The lowest BCUT2D eigenvalue weighted by atomic mass is 9.54. The molecule has 21 nitrogen and oxygen atoms in total. The van der Waals surface area contributed by atoms with Crippen LogP contribution >= 0.6 is 31.9 Å². The number of ketones is 3. The van der Waals surface area contributed by atoms with Crippen molar-refractivity contribution in [2.75, 3.05) is 79.3 Å². The number of carbonyl (C=O) groups excluding carboxylic acids is 3. The Morgan fingerprint density at radius 1 is 0.366 bits per heavy atom. The monoisotopic (exact) mass is 2090 g/mol. The first-order valence-corrected chi connectivity index (χ1v) is 55.3. The summed E-state index contributed by atoms with van der Waals surface area (Å²) in [5, 5.41) is 18.5. The van der Waals surface area contributed by atoms with Crippen LogP contribution in [0.4, 0.5) is 0 Å². The number of hydrogen-bond donors (Lipinski definition) is 2. The molecular formula is C122H142Br2N6O15. The van der Waals surface area contributed by atoms with Gasteiger partial charge in [0.25, 0.3) is 0 Å². The van der Waals surface area contributed by atoms with Gasteiger partial charge < -0.3 is 57.6 Å². The number of nitrogens with zero attached hydrogens (tertiary/aromatic N) is 6. The Labute approximate surface area is 871 Å². The van der Waals surface area contributed by atoms with Crippen LogP contribution in [0.3, 0.4) is 0 Å². The maximum absolute atomic E-state index is 13.4. The molecule has 0 unspecified atom stereocenters. The SMILES string of the molecule is C[C@H]1[C@@H]2CC=C(Cc3cccc(Br)c3)C(=O)[C@@]2(C)CCC12OCCO2.C[C@H]1[C@@H]2CCC(=O)C(=O)[C@@]2(C)CCC12OCCO2.C[C@H]1[C@@H]2CCc3c(nc(-c4ccccc4)n3-c3cccc(Br)c3)[C@@]2(C)CCC12OCCO2.C[C@H]1[C@@H]2CCc3c(nc(-c4ccccc4)n3-c3cccc(C#CCO)c3)[C@@]2(C)CCC12OCCO2.C[C@H]1[C@@H]2CCc3c(nc(-c4ccccc4)n3-c3cccc(CCCO)c3)[C@@]2(C)CCC12OCCO2. The van der Waals surface area contributed by atoms with Gasteiger partial charge in [-0.3, -0.25) is 28.1 Å². The van der Waals surface area contributed by atoms with Crippen molar-refractivity contribution >= 4 is 49.2 Å². The van der Waals surface area contributed by atoms with Crippen LogP contribution in [-0.2, 0) is 110 Å². The van der Waals surface area contributed by atoms with E-state index in [4.69, 9.17) is 67.4 Å². The summed E-state index contributed by atoms with van der Waals surface area (Å²) in [7, 11) is 0. The second kappa shape index (κ2) is 41.0. The molecule has 764 valence electrons. The van der Waals surface area contributed by atoms with Crippen molar-refractivity contribution in [2.24, 2.45) is 70.0 Å². The van der Waals surface area contributed by atoms with Gasteiger partial charge in [0.1, 0.15) is 24.1 Å². The second-order valence-electron chi connectivity index (χ2n) is 44.9. The van der Waals surface area contributed by atoms with Crippen molar-refractivity contribution in [3.8, 4) is 63.1 Å². The van der Waals surface area contributed by atoms with Crippen LogP contribution in [0.1, 0.15) is 229 Å². The number of Topliss-reactive ketones (excluding diaryl/α,β-unsaturated/α-hetero) is 3. The molecule has 25 rings (SSSR count). The molecule has 5 saturated heterocycles. The average molecular weight is 2090 g/mol. The molecule has 6 saturated carbocycles. The molecule has 5 spiro atoms. The van der Waals surface area contributed by atoms with E-state index < -0.39 is 34.4 Å². The van der Waals surface area contributed by atoms with Gasteiger partial charge in [-0.05, 0) is 203 Å². The first-order chi connectivity index (χ1) is 70.1. The maximum Gasteiger partial charge on any atom is 0.204 e. The van der Waals surface area contributed by atoms with Gasteiger partial charge in [-0.15, -0.1) is 0 Å². The molecule has 23 heteroatoms. The Balaban J connectivity index is 0.000000108. The number of aliphatic hydroxyl groups excluding tert-OH is 2. The standard InChI is InChI=1S/C30H36N2O3.C30H32N2O3.C27H29BrN2O2.C21H25BrO3.C14H20O4/c2*1-21-25-13-14-26-27(29(25,2)15-16-30(21)34-18-19-35-30)31-28(23-10-4-3-5-11-23)32(26)24-12-6-8-22(20-24)9-7-17-33;1-18-22-11-12-23-24(26(22,2)13-14-27(18)31-15-16-32-27)29-25(19-7-4-3-5-8-19)30(23)21-10-6-9-20(28)17-21;1-14-18-7-6-16(12-15-4-3-5-17(22)13-15)19(23)20(18,2)8-9-21(14)24-10-11-25-21;1-9-10-3-4-11(15)12(16)13(10,2)5-6-14(9)17-7-8-18-14/h3-6,8,10-12,20-21,25,33H,7,9,13-19H2,1-2H3;3-6,8,10-12,20-21,25,33H,13-19H2,1-2H3;3-10,17-18,22H,11-16H2,1-2H3;3-6,13-14,18H,7-12H2,1-2H3;9-10H,3-8H2,1-2H3/t2*21-,25-,29-;18-,22-,26-;14-,18-,20-;9-,10-,13-/m00000/s1. The zero-order chi connectivity index (χ0) is 101. The highest BCUT2D eigenvalue weighted by Crippen LogP contribution is 2.64. The number of aromatic nitrogens is 6. The minimum atomic E-state index is -0.495. The molecule has 0 bridgehead atoms. The quantitative estimate of drug-likeness (QED) is 0.0904. The number of aliphatic hydroxyl groups is 2. The Morgan fingerprint density at radius 3 is 1.10 bits per heavy atom. The fourth-order valence-electron chi connectivity index (χ4n) is 29.7. The van der Waals surface area contributed by atoms with E-state index in [-0.39, 0.29) is 70.1 Å². The molecular weight excluding hydrogens is 1950 g/mol. The predicted molar refractivity (Wildman–Crippen MR) is 565 cm³/mol. The number of benzene rings is 7. The van der Waals surface area contributed by atoms with Crippen LogP contribution < -0.4 is 0 Å². The summed E-state index contributed by atoms with van der Waals surface area (Å²) in [6.07, 6.45) is 21.9. The van der Waals surface area contributed by atoms with Crippen LogP contribution in [0.2, 0.25) is 0 Å². The van der Waals surface area contributed by atoms with Crippen LogP contribution in [0.25, 0.3) is 51.2 Å². The van der Waals surface area contributed by atoms with E-state index in [1.54, 1.807) is 0 Å². The van der Waals surface area contributed by atoms with Crippen molar-refractivity contribution in [3.05, 3.63) is 260 Å². The summed E-state index contributed by atoms with van der Waals surface area (Å²) < 4.78 is 70.2. The molecule has 15 atom stereocenters. The molecule has 7 aromatic carbocycles. The van der Waals surface area contributed by atoms with Crippen molar-refractivity contribution in [2.45, 2.75) is 256 Å². The summed E-state index contributed by atoms with van der Waals surface area (Å²) in [6.45, 7) is 29.6. The van der Waals surface area contributed by atoms with E-state index >= 15 is 0 Å². The molecule has 15 aliphatic rings. The van der Waals surface area contributed by atoms with Gasteiger partial charge in [-0.1, -0.05) is 246 Å². The number of imidazole rings is 3. The van der Waals surface area contributed by atoms with E-state index in [2.05, 4.69) is 284 Å². The van der Waals surface area contributed by atoms with Crippen LogP contribution in [0.15, 0.2) is 209 Å². The number of rotatable bonds is 11. The van der Waals surface area contributed by atoms with E-state index in [0.717, 1.165) is 193 Å². The van der Waals surface area contributed by atoms with Gasteiger partial charge in [-0.2, -0.15) is 0 Å². The molecule has 10 aromatic rings. The fraction of sp³-hybridized carbons (Fsp3) is 0.525. The molecule has 2 N–H and O–H groups in total. The van der Waals surface area contributed by atoms with Gasteiger partial charge >= 0.3 is 0 Å². The van der Waals surface area contributed by atoms with E-state index in [1.807, 2.05) is 37.3 Å². The topological polar surface area (TPSA) is 237 Å². The number of allylic oxidation sites excluding steroid dienone is 2. The molecule has 10 aliphatic carbocycles. The lowest BCUT2D eigenvalue weighted by molar-refractivity contribution is -0.242. The predicted octanol–water partition coefficient (Wildman–Crippen LogP) is 23.0. The van der Waals surface area contributed by atoms with E-state index in [0.29, 0.717) is 127 Å². The van der Waals surface area contributed by atoms with Crippen LogP contribution in [-0.4, -0.2) is 164 Å². The molecule has 145 heavy (non-hydrogen) atoms. The Hall–Kier alpha value is -9.04. The van der Waals surface area contributed by atoms with Crippen molar-refractivity contribution in [3.63, 3.8) is 0 Å². The number of carbonyl (C=O) groups is 3. The van der Waals surface area contributed by atoms with E-state index in [9.17, 15) is 19.5 Å².